The first-order valence-corrected chi connectivity index (χ1v) is 16.1. The highest BCUT2D eigenvalue weighted by Crippen LogP contribution is 2.63. The van der Waals surface area contributed by atoms with Gasteiger partial charge in [0.15, 0.2) is 0 Å². The molecular weight excluding hydrogens is 584 g/mol. The molecule has 11 heteroatoms. The number of carbonyl (C=O) groups excluding carboxylic acids is 3. The summed E-state index contributed by atoms with van der Waals surface area (Å²) < 4.78 is 8.55. The highest BCUT2D eigenvalue weighted by molar-refractivity contribution is 6.03. The van der Waals surface area contributed by atoms with Gasteiger partial charge in [0.25, 0.3) is 0 Å². The van der Waals surface area contributed by atoms with Gasteiger partial charge in [0.05, 0.1) is 23.0 Å². The standard InChI is InChI=1S/C35H42N6O5/c1-4-20-38(24-41-27-17-11-10-16-26(27)36-37-41)33(45)30-35-19-18-34(3,46-35)28(29(35)32(44)40(30)22-12-7-13-23-42)31(43)39(21-5-2)25-14-8-6-9-15-25/h4-6,8-11,14-17,28-30,42H,1-2,7,12-13,18-24H2,3H3/t28-,29+,30?,34+,35?/m1/s1. The van der Waals surface area contributed by atoms with Crippen LogP contribution >= 0.6 is 0 Å². The molecule has 2 unspecified atom stereocenters. The molecule has 0 aliphatic carbocycles. The first kappa shape index (κ1) is 31.6. The van der Waals surface area contributed by atoms with Crippen LogP contribution in [0, 0.1) is 11.8 Å². The number of para-hydroxylation sites is 2. The van der Waals surface area contributed by atoms with Crippen LogP contribution in [0.5, 0.6) is 0 Å². The molecule has 0 saturated carbocycles. The maximum atomic E-state index is 14.8. The molecule has 3 fully saturated rings. The fraction of sp³-hybridized carbons (Fsp3) is 0.457. The predicted octanol–water partition coefficient (Wildman–Crippen LogP) is 3.55. The Morgan fingerprint density at radius 3 is 2.50 bits per heavy atom. The number of rotatable bonds is 14. The molecule has 2 bridgehead atoms. The van der Waals surface area contributed by atoms with E-state index in [4.69, 9.17) is 4.74 Å². The zero-order valence-corrected chi connectivity index (χ0v) is 26.3. The highest BCUT2D eigenvalue weighted by Gasteiger charge is 2.78. The number of benzene rings is 2. The first-order chi connectivity index (χ1) is 22.3. The molecule has 3 saturated heterocycles. The number of aliphatic hydroxyl groups is 1. The molecule has 4 heterocycles. The van der Waals surface area contributed by atoms with Gasteiger partial charge in [0, 0.05) is 31.9 Å². The lowest BCUT2D eigenvalue weighted by atomic mass is 9.66. The van der Waals surface area contributed by atoms with Gasteiger partial charge in [-0.2, -0.15) is 0 Å². The number of ether oxygens (including phenoxy) is 1. The molecule has 3 aromatic rings. The summed E-state index contributed by atoms with van der Waals surface area (Å²) in [7, 11) is 0. The largest absolute Gasteiger partial charge is 0.396 e. The average molecular weight is 627 g/mol. The van der Waals surface area contributed by atoms with Crippen molar-refractivity contribution in [2.75, 3.05) is 31.1 Å². The molecule has 46 heavy (non-hydrogen) atoms. The Kier molecular flexibility index (Phi) is 8.80. The van der Waals surface area contributed by atoms with Crippen LogP contribution in [0.25, 0.3) is 11.0 Å². The molecule has 1 aromatic heterocycles. The van der Waals surface area contributed by atoms with Crippen LogP contribution in [0.15, 0.2) is 79.9 Å². The van der Waals surface area contributed by atoms with Crippen LogP contribution in [0.3, 0.4) is 0 Å². The molecule has 1 N–H and O–H groups in total. The molecule has 242 valence electrons. The zero-order chi connectivity index (χ0) is 32.5. The third-order valence-corrected chi connectivity index (χ3v) is 9.87. The lowest BCUT2D eigenvalue weighted by Gasteiger charge is -2.37. The predicted molar refractivity (Wildman–Crippen MR) is 173 cm³/mol. The van der Waals surface area contributed by atoms with E-state index in [9.17, 15) is 19.5 Å². The minimum absolute atomic E-state index is 0.0541. The molecule has 3 aliphatic rings. The number of likely N-dealkylation sites (tertiary alicyclic amines) is 1. The Morgan fingerprint density at radius 2 is 1.76 bits per heavy atom. The minimum atomic E-state index is -1.17. The summed E-state index contributed by atoms with van der Waals surface area (Å²) in [5.41, 5.74) is 0.120. The SMILES string of the molecule is C=CCN(Cn1nnc2ccccc21)C(=O)C1N(CCCCCO)C(=O)[C@@H]2[C@H](C(=O)N(CC=C)c3ccccc3)[C@]3(C)CCC12O3. The number of amides is 3. The summed E-state index contributed by atoms with van der Waals surface area (Å²) in [6.07, 6.45) is 6.26. The molecule has 6 rings (SSSR count). The number of hydrogen-bond donors (Lipinski definition) is 1. The topological polar surface area (TPSA) is 121 Å². The Morgan fingerprint density at radius 1 is 1.02 bits per heavy atom. The third kappa shape index (κ3) is 5.21. The van der Waals surface area contributed by atoms with Crippen molar-refractivity contribution in [3.05, 3.63) is 79.9 Å². The van der Waals surface area contributed by atoms with Crippen molar-refractivity contribution < 1.29 is 24.2 Å². The van der Waals surface area contributed by atoms with Gasteiger partial charge in [0.2, 0.25) is 17.7 Å². The number of carbonyl (C=O) groups is 3. The Hall–Kier alpha value is -4.35. The lowest BCUT2D eigenvalue weighted by molar-refractivity contribution is -0.152. The smallest absolute Gasteiger partial charge is 0.250 e. The van der Waals surface area contributed by atoms with Crippen molar-refractivity contribution in [3.8, 4) is 0 Å². The second-order valence-corrected chi connectivity index (χ2v) is 12.7. The van der Waals surface area contributed by atoms with Crippen molar-refractivity contribution in [2.45, 2.75) is 62.9 Å². The van der Waals surface area contributed by atoms with Gasteiger partial charge in [-0.1, -0.05) is 47.7 Å². The summed E-state index contributed by atoms with van der Waals surface area (Å²) in [6, 6.07) is 16.0. The van der Waals surface area contributed by atoms with Crippen LogP contribution in [0.2, 0.25) is 0 Å². The molecule has 3 aliphatic heterocycles. The van der Waals surface area contributed by atoms with E-state index in [0.717, 1.165) is 5.52 Å². The number of anilines is 1. The van der Waals surface area contributed by atoms with Crippen molar-refractivity contribution >= 4 is 34.4 Å². The second-order valence-electron chi connectivity index (χ2n) is 12.7. The highest BCUT2D eigenvalue weighted by atomic mass is 16.5. The minimum Gasteiger partial charge on any atom is -0.396 e. The quantitative estimate of drug-likeness (QED) is 0.215. The first-order valence-electron chi connectivity index (χ1n) is 16.1. The molecule has 0 radical (unpaired) electrons. The van der Waals surface area contributed by atoms with Gasteiger partial charge in [-0.05, 0) is 63.3 Å². The summed E-state index contributed by atoms with van der Waals surface area (Å²) >= 11 is 0. The Balaban J connectivity index is 1.38. The lowest BCUT2D eigenvalue weighted by Crippen LogP contribution is -2.56. The van der Waals surface area contributed by atoms with Crippen LogP contribution in [0.1, 0.15) is 39.0 Å². The van der Waals surface area contributed by atoms with Crippen LogP contribution in [-0.4, -0.2) is 91.1 Å². The van der Waals surface area contributed by atoms with Crippen LogP contribution < -0.4 is 4.90 Å². The normalized spacial score (nSPS) is 26.3. The number of unbranched alkanes of at least 4 members (excludes halogenated alkanes) is 2. The van der Waals surface area contributed by atoms with Crippen molar-refractivity contribution in [3.63, 3.8) is 0 Å². The molecule has 1 spiro atoms. The van der Waals surface area contributed by atoms with Gasteiger partial charge in [-0.3, -0.25) is 14.4 Å². The van der Waals surface area contributed by atoms with Gasteiger partial charge < -0.3 is 24.5 Å². The van der Waals surface area contributed by atoms with Crippen molar-refractivity contribution in [1.82, 2.24) is 24.8 Å². The zero-order valence-electron chi connectivity index (χ0n) is 26.3. The molecule has 11 nitrogen and oxygen atoms in total. The van der Waals surface area contributed by atoms with E-state index in [0.29, 0.717) is 49.9 Å². The van der Waals surface area contributed by atoms with E-state index in [1.165, 1.54) is 0 Å². The van der Waals surface area contributed by atoms with E-state index in [2.05, 4.69) is 23.5 Å². The van der Waals surface area contributed by atoms with Crippen LogP contribution in [0.4, 0.5) is 5.69 Å². The fourth-order valence-corrected chi connectivity index (χ4v) is 7.85. The van der Waals surface area contributed by atoms with Gasteiger partial charge in [0.1, 0.15) is 23.8 Å². The number of aromatic nitrogens is 3. The number of hydrogen-bond acceptors (Lipinski definition) is 7. The molecule has 5 atom stereocenters. The van der Waals surface area contributed by atoms with E-state index in [1.807, 2.05) is 61.5 Å². The van der Waals surface area contributed by atoms with E-state index in [-0.39, 0.29) is 44.1 Å². The number of aliphatic hydroxyl groups excluding tert-OH is 1. The molecular formula is C35H42N6O5. The summed E-state index contributed by atoms with van der Waals surface area (Å²) in [5.74, 6) is -2.32. The van der Waals surface area contributed by atoms with Crippen molar-refractivity contribution in [1.29, 1.82) is 0 Å². The maximum Gasteiger partial charge on any atom is 0.250 e. The van der Waals surface area contributed by atoms with E-state index < -0.39 is 29.1 Å². The molecule has 3 amide bonds. The third-order valence-electron chi connectivity index (χ3n) is 9.87. The summed E-state index contributed by atoms with van der Waals surface area (Å²) in [5, 5.41) is 17.9. The maximum absolute atomic E-state index is 14.8. The van der Waals surface area contributed by atoms with Crippen molar-refractivity contribution in [2.24, 2.45) is 11.8 Å². The van der Waals surface area contributed by atoms with E-state index in [1.54, 1.807) is 31.5 Å². The Bertz CT molecular complexity index is 1630. The monoisotopic (exact) mass is 626 g/mol. The van der Waals surface area contributed by atoms with Gasteiger partial charge in [-0.25, -0.2) is 4.68 Å². The Labute approximate surface area is 269 Å². The van der Waals surface area contributed by atoms with Gasteiger partial charge in [-0.15, -0.1) is 18.3 Å². The second kappa shape index (κ2) is 12.8. The van der Waals surface area contributed by atoms with Gasteiger partial charge >= 0.3 is 0 Å². The molecule has 2 aromatic carbocycles. The average Bonchev–Trinajstić information content (AvgIpc) is 3.77. The number of fused-ring (bicyclic) bond motifs is 2. The summed E-state index contributed by atoms with van der Waals surface area (Å²) in [6.45, 7) is 10.6. The van der Waals surface area contributed by atoms with E-state index >= 15 is 0 Å². The summed E-state index contributed by atoms with van der Waals surface area (Å²) in [4.78, 5) is 48.9. The van der Waals surface area contributed by atoms with Crippen LogP contribution in [-0.2, 0) is 25.8 Å². The fourth-order valence-electron chi connectivity index (χ4n) is 7.85. The number of nitrogens with zero attached hydrogens (tertiary/aromatic N) is 6.